The molecule has 0 aromatic heterocycles. The first-order valence-corrected chi connectivity index (χ1v) is 9.21. The van der Waals surface area contributed by atoms with E-state index in [0.29, 0.717) is 25.7 Å². The Morgan fingerprint density at radius 3 is 0.960 bits per heavy atom. The Hall–Kier alpha value is -2.12. The quantitative estimate of drug-likeness (QED) is 0.399. The van der Waals surface area contributed by atoms with E-state index in [4.69, 9.17) is 21.0 Å². The fourth-order valence-electron chi connectivity index (χ4n) is 2.70. The highest BCUT2D eigenvalue weighted by Gasteiger charge is 2.05. The SMILES string of the molecule is N#CCCN(CCC#N)CCCCCCCN(CCC#N)CCC#N. The average Bonchev–Trinajstić information content (AvgIpc) is 2.63. The predicted molar refractivity (Wildman–Crippen MR) is 96.9 cm³/mol. The molecular weight excluding hydrogens is 312 g/mol. The van der Waals surface area contributed by atoms with Gasteiger partial charge in [0.05, 0.1) is 24.3 Å². The molecule has 6 nitrogen and oxygen atoms in total. The molecular formula is C19H30N6. The van der Waals surface area contributed by atoms with Crippen LogP contribution in [-0.4, -0.2) is 49.1 Å². The fourth-order valence-corrected chi connectivity index (χ4v) is 2.70. The Labute approximate surface area is 152 Å². The largest absolute Gasteiger partial charge is 0.301 e. The van der Waals surface area contributed by atoms with Gasteiger partial charge in [-0.15, -0.1) is 0 Å². The van der Waals surface area contributed by atoms with Gasteiger partial charge in [-0.3, -0.25) is 0 Å². The smallest absolute Gasteiger partial charge is 0.0635 e. The molecule has 0 rings (SSSR count). The van der Waals surface area contributed by atoms with E-state index in [-0.39, 0.29) is 0 Å². The van der Waals surface area contributed by atoms with Gasteiger partial charge < -0.3 is 9.80 Å². The lowest BCUT2D eigenvalue weighted by Crippen LogP contribution is -2.27. The molecule has 0 atom stereocenters. The van der Waals surface area contributed by atoms with Crippen LogP contribution in [0.4, 0.5) is 0 Å². The first-order valence-electron chi connectivity index (χ1n) is 9.21. The normalized spacial score (nSPS) is 10.2. The van der Waals surface area contributed by atoms with Gasteiger partial charge in [-0.25, -0.2) is 0 Å². The van der Waals surface area contributed by atoms with Gasteiger partial charge in [0.15, 0.2) is 0 Å². The minimum atomic E-state index is 0.520. The van der Waals surface area contributed by atoms with Gasteiger partial charge >= 0.3 is 0 Å². The summed E-state index contributed by atoms with van der Waals surface area (Å²) in [5, 5.41) is 34.7. The molecule has 0 aliphatic heterocycles. The summed E-state index contributed by atoms with van der Waals surface area (Å²) in [6, 6.07) is 8.65. The minimum absolute atomic E-state index is 0.520. The third-order valence-electron chi connectivity index (χ3n) is 4.11. The van der Waals surface area contributed by atoms with Crippen molar-refractivity contribution in [2.45, 2.75) is 57.8 Å². The number of nitrogens with zero attached hydrogens (tertiary/aromatic N) is 6. The predicted octanol–water partition coefficient (Wildman–Crippen LogP) is 3.20. The monoisotopic (exact) mass is 342 g/mol. The number of nitriles is 4. The molecule has 0 aliphatic carbocycles. The molecule has 0 unspecified atom stereocenters. The van der Waals surface area contributed by atoms with Crippen LogP contribution in [-0.2, 0) is 0 Å². The Bertz CT molecular complexity index is 396. The number of hydrogen-bond donors (Lipinski definition) is 0. The maximum atomic E-state index is 8.68. The van der Waals surface area contributed by atoms with Crippen LogP contribution >= 0.6 is 0 Å². The molecule has 0 bridgehead atoms. The van der Waals surface area contributed by atoms with Crippen LogP contribution in [0.2, 0.25) is 0 Å². The van der Waals surface area contributed by atoms with E-state index < -0.39 is 0 Å². The zero-order valence-electron chi connectivity index (χ0n) is 15.3. The standard InChI is InChI=1S/C19H30N6/c20-10-6-16-24(17-7-11-21)14-4-2-1-3-5-15-25(18-8-12-22)19-9-13-23/h1-9,14-19H2. The van der Waals surface area contributed by atoms with E-state index >= 15 is 0 Å². The molecule has 0 aliphatic rings. The molecule has 0 saturated heterocycles. The zero-order valence-corrected chi connectivity index (χ0v) is 15.3. The highest BCUT2D eigenvalue weighted by atomic mass is 15.1. The third kappa shape index (κ3) is 15.2. The topological polar surface area (TPSA) is 102 Å². The number of unbranched alkanes of at least 4 members (excludes halogenated alkanes) is 4. The minimum Gasteiger partial charge on any atom is -0.301 e. The van der Waals surface area contributed by atoms with Gasteiger partial charge in [0.1, 0.15) is 0 Å². The number of hydrogen-bond acceptors (Lipinski definition) is 6. The lowest BCUT2D eigenvalue weighted by molar-refractivity contribution is 0.271. The molecule has 0 spiro atoms. The lowest BCUT2D eigenvalue weighted by atomic mass is 10.1. The summed E-state index contributed by atoms with van der Waals surface area (Å²) in [6.45, 7) is 4.94. The first kappa shape index (κ1) is 22.9. The van der Waals surface area contributed by atoms with Crippen LogP contribution in [0.5, 0.6) is 0 Å². The van der Waals surface area contributed by atoms with Gasteiger partial charge in [-0.2, -0.15) is 21.0 Å². The maximum absolute atomic E-state index is 8.68. The van der Waals surface area contributed by atoms with E-state index in [0.717, 1.165) is 65.0 Å². The van der Waals surface area contributed by atoms with Crippen LogP contribution in [0.1, 0.15) is 57.8 Å². The Kier molecular flexibility index (Phi) is 16.7. The highest BCUT2D eigenvalue weighted by Crippen LogP contribution is 2.07. The summed E-state index contributed by atoms with van der Waals surface area (Å²) in [4.78, 5) is 4.41. The van der Waals surface area contributed by atoms with Crippen molar-refractivity contribution in [3.05, 3.63) is 0 Å². The summed E-state index contributed by atoms with van der Waals surface area (Å²) in [7, 11) is 0. The highest BCUT2D eigenvalue weighted by molar-refractivity contribution is 4.77. The lowest BCUT2D eigenvalue weighted by Gasteiger charge is -2.20. The molecule has 0 fully saturated rings. The molecule has 6 heteroatoms. The van der Waals surface area contributed by atoms with Gasteiger partial charge in [0.2, 0.25) is 0 Å². The molecule has 0 radical (unpaired) electrons. The van der Waals surface area contributed by atoms with Crippen molar-refractivity contribution in [2.75, 3.05) is 39.3 Å². The Morgan fingerprint density at radius 1 is 0.400 bits per heavy atom. The van der Waals surface area contributed by atoms with Crippen molar-refractivity contribution < 1.29 is 0 Å². The van der Waals surface area contributed by atoms with E-state index in [1.165, 1.54) is 6.42 Å². The third-order valence-corrected chi connectivity index (χ3v) is 4.11. The number of rotatable bonds is 16. The van der Waals surface area contributed by atoms with Gasteiger partial charge in [-0.1, -0.05) is 19.3 Å². The molecule has 0 heterocycles. The second-order valence-corrected chi connectivity index (χ2v) is 6.08. The van der Waals surface area contributed by atoms with Crippen LogP contribution in [0.15, 0.2) is 0 Å². The van der Waals surface area contributed by atoms with Crippen molar-refractivity contribution in [3.63, 3.8) is 0 Å². The van der Waals surface area contributed by atoms with Crippen LogP contribution in [0.25, 0.3) is 0 Å². The van der Waals surface area contributed by atoms with Crippen LogP contribution in [0, 0.1) is 45.3 Å². The van der Waals surface area contributed by atoms with E-state index in [9.17, 15) is 0 Å². The van der Waals surface area contributed by atoms with Crippen LogP contribution in [0.3, 0.4) is 0 Å². The van der Waals surface area contributed by atoms with E-state index in [1.54, 1.807) is 0 Å². The second-order valence-electron chi connectivity index (χ2n) is 6.08. The average molecular weight is 342 g/mol. The molecule has 0 amide bonds. The van der Waals surface area contributed by atoms with Crippen molar-refractivity contribution in [2.24, 2.45) is 0 Å². The molecule has 0 N–H and O–H groups in total. The van der Waals surface area contributed by atoms with E-state index in [1.807, 2.05) is 0 Å². The van der Waals surface area contributed by atoms with Crippen LogP contribution < -0.4 is 0 Å². The maximum Gasteiger partial charge on any atom is 0.0635 e. The second kappa shape index (κ2) is 18.2. The molecule has 0 saturated carbocycles. The van der Waals surface area contributed by atoms with Crippen molar-refractivity contribution in [3.8, 4) is 24.3 Å². The Balaban J connectivity index is 3.77. The Morgan fingerprint density at radius 2 is 0.680 bits per heavy atom. The van der Waals surface area contributed by atoms with Gasteiger partial charge in [0, 0.05) is 51.9 Å². The molecule has 25 heavy (non-hydrogen) atoms. The first-order chi connectivity index (χ1) is 12.3. The molecule has 0 aromatic carbocycles. The summed E-state index contributed by atoms with van der Waals surface area (Å²) in [5.74, 6) is 0. The summed E-state index contributed by atoms with van der Waals surface area (Å²) < 4.78 is 0. The molecule has 0 aromatic rings. The summed E-state index contributed by atoms with van der Waals surface area (Å²) >= 11 is 0. The van der Waals surface area contributed by atoms with Gasteiger partial charge in [-0.05, 0) is 25.9 Å². The van der Waals surface area contributed by atoms with Crippen molar-refractivity contribution in [1.82, 2.24) is 9.80 Å². The van der Waals surface area contributed by atoms with Gasteiger partial charge in [0.25, 0.3) is 0 Å². The van der Waals surface area contributed by atoms with Crippen molar-refractivity contribution in [1.29, 1.82) is 21.0 Å². The summed E-state index contributed by atoms with van der Waals surface area (Å²) in [5.41, 5.74) is 0. The zero-order chi connectivity index (χ0) is 18.6. The summed E-state index contributed by atoms with van der Waals surface area (Å²) in [6.07, 6.45) is 7.78. The fraction of sp³-hybridized carbons (Fsp3) is 0.789. The van der Waals surface area contributed by atoms with E-state index in [2.05, 4.69) is 34.1 Å². The van der Waals surface area contributed by atoms with Crippen molar-refractivity contribution >= 4 is 0 Å². The molecule has 136 valence electrons.